The lowest BCUT2D eigenvalue weighted by atomic mass is 10.1. The molecule has 0 spiro atoms. The first-order valence-electron chi connectivity index (χ1n) is 8.60. The predicted molar refractivity (Wildman–Crippen MR) is 111 cm³/mol. The van der Waals surface area contributed by atoms with Crippen LogP contribution in [0.2, 0.25) is 0 Å². The Labute approximate surface area is 173 Å². The van der Waals surface area contributed by atoms with Gasteiger partial charge in [-0.1, -0.05) is 30.0 Å². The number of aromatic nitrogens is 1. The van der Waals surface area contributed by atoms with Gasteiger partial charge in [-0.25, -0.2) is 4.98 Å². The molecule has 0 aliphatic carbocycles. The summed E-state index contributed by atoms with van der Waals surface area (Å²) in [6.45, 7) is 3.69. The molecule has 0 bridgehead atoms. The van der Waals surface area contributed by atoms with Crippen LogP contribution >= 0.6 is 11.8 Å². The first-order chi connectivity index (χ1) is 13.8. The number of carbonyl (C=O) groups excluding carboxylic acids is 2. The van der Waals surface area contributed by atoms with E-state index >= 15 is 0 Å². The minimum atomic E-state index is -0.305. The topological polar surface area (TPSA) is 136 Å². The molecule has 1 aromatic carbocycles. The fourth-order valence-corrected chi connectivity index (χ4v) is 3.43. The summed E-state index contributed by atoms with van der Waals surface area (Å²) in [7, 11) is 1.53. The largest absolute Gasteiger partial charge is 0.383 e. The Hall–Kier alpha value is -3.56. The van der Waals surface area contributed by atoms with Gasteiger partial charge in [-0.3, -0.25) is 9.59 Å². The number of nitrogen functional groups attached to an aromatic ring is 1. The van der Waals surface area contributed by atoms with E-state index in [4.69, 9.17) is 11.0 Å². The van der Waals surface area contributed by atoms with E-state index in [1.807, 2.05) is 44.2 Å². The van der Waals surface area contributed by atoms with Crippen LogP contribution in [0.5, 0.6) is 0 Å². The van der Waals surface area contributed by atoms with Crippen molar-refractivity contribution in [1.29, 1.82) is 10.5 Å². The number of carbonyl (C=O) groups is 2. The van der Waals surface area contributed by atoms with Gasteiger partial charge in [0.25, 0.3) is 0 Å². The molecule has 3 N–H and O–H groups in total. The highest BCUT2D eigenvalue weighted by molar-refractivity contribution is 8.00. The zero-order chi connectivity index (χ0) is 21.6. The Morgan fingerprint density at radius 3 is 2.41 bits per heavy atom. The van der Waals surface area contributed by atoms with Crippen LogP contribution in [0.4, 0.5) is 11.5 Å². The van der Waals surface area contributed by atoms with Crippen molar-refractivity contribution in [1.82, 2.24) is 9.88 Å². The number of likely N-dealkylation sites (N-methyl/N-ethyl adjacent to an activating group) is 1. The number of aryl methyl sites for hydroxylation is 2. The minimum Gasteiger partial charge on any atom is -0.383 e. The third-order valence-corrected chi connectivity index (χ3v) is 5.12. The van der Waals surface area contributed by atoms with E-state index in [1.165, 1.54) is 18.0 Å². The van der Waals surface area contributed by atoms with Crippen molar-refractivity contribution in [3.8, 4) is 12.1 Å². The second-order valence-electron chi connectivity index (χ2n) is 6.35. The monoisotopic (exact) mass is 408 g/mol. The van der Waals surface area contributed by atoms with E-state index in [2.05, 4.69) is 10.3 Å². The van der Waals surface area contributed by atoms with Crippen molar-refractivity contribution in [3.05, 3.63) is 46.5 Å². The molecule has 1 aromatic heterocycles. The van der Waals surface area contributed by atoms with E-state index in [9.17, 15) is 14.9 Å². The van der Waals surface area contributed by atoms with Crippen molar-refractivity contribution in [2.75, 3.05) is 30.4 Å². The van der Waals surface area contributed by atoms with Gasteiger partial charge in [-0.15, -0.1) is 0 Å². The smallest absolute Gasteiger partial charge is 0.243 e. The summed E-state index contributed by atoms with van der Waals surface area (Å²) in [4.78, 5) is 30.0. The lowest BCUT2D eigenvalue weighted by Crippen LogP contribution is -2.36. The van der Waals surface area contributed by atoms with Crippen LogP contribution in [-0.4, -0.2) is 41.0 Å². The van der Waals surface area contributed by atoms with Gasteiger partial charge in [-0.05, 0) is 31.0 Å². The molecule has 0 aliphatic heterocycles. The fourth-order valence-electron chi connectivity index (χ4n) is 2.52. The molecule has 148 valence electrons. The third-order valence-electron chi connectivity index (χ3n) is 4.14. The maximum Gasteiger partial charge on any atom is 0.243 e. The lowest BCUT2D eigenvalue weighted by Gasteiger charge is -2.18. The normalized spacial score (nSPS) is 9.97. The highest BCUT2D eigenvalue weighted by Gasteiger charge is 2.17. The van der Waals surface area contributed by atoms with Gasteiger partial charge in [0.2, 0.25) is 11.8 Å². The van der Waals surface area contributed by atoms with Crippen LogP contribution in [-0.2, 0) is 9.59 Å². The Morgan fingerprint density at radius 2 is 1.83 bits per heavy atom. The molecule has 0 unspecified atom stereocenters. The maximum absolute atomic E-state index is 12.4. The number of rotatable bonds is 6. The first-order valence-corrected chi connectivity index (χ1v) is 9.59. The number of nitrogens with one attached hydrogen (secondary N) is 1. The van der Waals surface area contributed by atoms with E-state index in [0.717, 1.165) is 28.6 Å². The maximum atomic E-state index is 12.4. The summed E-state index contributed by atoms with van der Waals surface area (Å²) in [6, 6.07) is 10.9. The van der Waals surface area contributed by atoms with Crippen molar-refractivity contribution in [2.45, 2.75) is 18.9 Å². The van der Waals surface area contributed by atoms with Gasteiger partial charge < -0.3 is 16.0 Å². The van der Waals surface area contributed by atoms with Crippen molar-refractivity contribution < 1.29 is 9.59 Å². The summed E-state index contributed by atoms with van der Waals surface area (Å²) in [5.41, 5.74) is 8.58. The second-order valence-corrected chi connectivity index (χ2v) is 7.32. The van der Waals surface area contributed by atoms with Crippen LogP contribution in [0.1, 0.15) is 22.3 Å². The molecule has 29 heavy (non-hydrogen) atoms. The molecular formula is C20H20N6O2S. The number of pyridine rings is 1. The summed E-state index contributed by atoms with van der Waals surface area (Å²) in [5, 5.41) is 21.3. The molecule has 2 aromatic rings. The van der Waals surface area contributed by atoms with Crippen molar-refractivity contribution in [3.63, 3.8) is 0 Å². The third kappa shape index (κ3) is 5.47. The van der Waals surface area contributed by atoms with E-state index < -0.39 is 0 Å². The number of hydrogen-bond acceptors (Lipinski definition) is 7. The van der Waals surface area contributed by atoms with Crippen LogP contribution in [0, 0.1) is 36.5 Å². The molecule has 1 heterocycles. The van der Waals surface area contributed by atoms with Crippen LogP contribution in [0.25, 0.3) is 0 Å². The first kappa shape index (κ1) is 21.7. The van der Waals surface area contributed by atoms with Gasteiger partial charge >= 0.3 is 0 Å². The quantitative estimate of drug-likeness (QED) is 0.699. The Kier molecular flexibility index (Phi) is 7.18. The predicted octanol–water partition coefficient (Wildman–Crippen LogP) is 2.21. The van der Waals surface area contributed by atoms with Gasteiger partial charge in [0.1, 0.15) is 23.0 Å². The van der Waals surface area contributed by atoms with Gasteiger partial charge in [0.15, 0.2) is 0 Å². The SMILES string of the molecule is Cc1cccc(C)c1NC(=O)CN(C)C(=O)CSc1nc(N)c(C#N)cc1C#N. The number of nitrogens with zero attached hydrogens (tertiary/aromatic N) is 4. The van der Waals surface area contributed by atoms with Crippen LogP contribution < -0.4 is 11.1 Å². The highest BCUT2D eigenvalue weighted by Crippen LogP contribution is 2.24. The summed E-state index contributed by atoms with van der Waals surface area (Å²) < 4.78 is 0. The number of benzene rings is 1. The van der Waals surface area contributed by atoms with Gasteiger partial charge in [0, 0.05) is 12.7 Å². The van der Waals surface area contributed by atoms with E-state index in [-0.39, 0.29) is 46.1 Å². The molecule has 0 radical (unpaired) electrons. The van der Waals surface area contributed by atoms with Gasteiger partial charge in [0.05, 0.1) is 23.4 Å². The molecule has 0 saturated carbocycles. The molecule has 0 aliphatic rings. The molecule has 2 amide bonds. The number of anilines is 2. The molecule has 0 saturated heterocycles. The molecule has 0 atom stereocenters. The summed E-state index contributed by atoms with van der Waals surface area (Å²) in [5.74, 6) is -0.634. The Balaban J connectivity index is 1.98. The number of amides is 2. The second kappa shape index (κ2) is 9.58. The lowest BCUT2D eigenvalue weighted by molar-refractivity contribution is -0.131. The van der Waals surface area contributed by atoms with E-state index in [0.29, 0.717) is 0 Å². The summed E-state index contributed by atoms with van der Waals surface area (Å²) >= 11 is 1.03. The van der Waals surface area contributed by atoms with Crippen molar-refractivity contribution >= 4 is 35.1 Å². The fraction of sp³-hybridized carbons (Fsp3) is 0.250. The number of para-hydroxylation sites is 1. The molecule has 0 fully saturated rings. The molecule has 8 nitrogen and oxygen atoms in total. The number of thioether (sulfide) groups is 1. The average molecular weight is 408 g/mol. The van der Waals surface area contributed by atoms with Crippen LogP contribution in [0.15, 0.2) is 29.3 Å². The standard InChI is InChI=1S/C20H20N6O2S/c1-12-5-4-6-13(2)18(12)24-16(27)10-26(3)17(28)11-29-20-15(9-22)7-14(8-21)19(23)25-20/h4-7H,10-11H2,1-3H3,(H2,23,25)(H,24,27). The number of hydrogen-bond donors (Lipinski definition) is 2. The van der Waals surface area contributed by atoms with Gasteiger partial charge in [-0.2, -0.15) is 10.5 Å². The van der Waals surface area contributed by atoms with E-state index in [1.54, 1.807) is 0 Å². The van der Waals surface area contributed by atoms with Crippen LogP contribution in [0.3, 0.4) is 0 Å². The van der Waals surface area contributed by atoms with Crippen molar-refractivity contribution in [2.24, 2.45) is 0 Å². The average Bonchev–Trinajstić information content (AvgIpc) is 2.69. The number of nitriles is 2. The zero-order valence-corrected chi connectivity index (χ0v) is 17.1. The Bertz CT molecular complexity index is 1020. The highest BCUT2D eigenvalue weighted by atomic mass is 32.2. The number of nitrogens with two attached hydrogens (primary N) is 1. The summed E-state index contributed by atoms with van der Waals surface area (Å²) in [6.07, 6.45) is 0. The minimum absolute atomic E-state index is 0.00258. The molecular weight excluding hydrogens is 388 g/mol. The molecule has 9 heteroatoms. The Morgan fingerprint density at radius 1 is 1.21 bits per heavy atom. The zero-order valence-electron chi connectivity index (χ0n) is 16.3. The molecule has 2 rings (SSSR count).